The molecule has 0 N–H and O–H groups in total. The summed E-state index contributed by atoms with van der Waals surface area (Å²) in [5, 5.41) is 0. The summed E-state index contributed by atoms with van der Waals surface area (Å²) in [6, 6.07) is 0. The fraction of sp³-hybridized carbons (Fsp3) is 1.00. The molecule has 7 heavy (non-hydrogen) atoms. The average Bonchev–Trinajstić information content (AvgIpc) is 1.68. The number of halogens is 1. The van der Waals surface area contributed by atoms with Gasteiger partial charge in [-0.2, -0.15) is 0 Å². The Morgan fingerprint density at radius 1 is 1.29 bits per heavy atom. The fourth-order valence-electron chi connectivity index (χ4n) is 0.0833. The molecule has 0 spiro atoms. The van der Waals surface area contributed by atoms with E-state index >= 15 is 0 Å². The molecule has 4 heteroatoms. The van der Waals surface area contributed by atoms with E-state index in [1.54, 1.807) is 0 Å². The van der Waals surface area contributed by atoms with Crippen LogP contribution in [0.25, 0.3) is 0 Å². The van der Waals surface area contributed by atoms with Gasteiger partial charge in [-0.15, -0.1) is 0 Å². The molecule has 0 rings (SSSR count). The van der Waals surface area contributed by atoms with Gasteiger partial charge in [0.05, 0.1) is 0 Å². The third-order valence-corrected chi connectivity index (χ3v) is 2.19. The van der Waals surface area contributed by atoms with Gasteiger partial charge in [0.15, 0.2) is 0 Å². The van der Waals surface area contributed by atoms with E-state index < -0.39 is 8.89 Å². The summed E-state index contributed by atoms with van der Waals surface area (Å²) >= 11 is 0. The quantitative estimate of drug-likeness (QED) is 0.401. The Labute approximate surface area is 43.7 Å². The Hall–Kier alpha value is 0.0669. The molecule has 0 bridgehead atoms. The first-order valence-corrected chi connectivity index (χ1v) is 4.11. The zero-order chi connectivity index (χ0) is 5.91. The van der Waals surface area contributed by atoms with Crippen LogP contribution in [0.4, 0.5) is 4.11 Å². The van der Waals surface area contributed by atoms with Gasteiger partial charge in [-0.05, 0) is 0 Å². The highest BCUT2D eigenvalue weighted by molar-refractivity contribution is 6.58. The highest BCUT2D eigenvalue weighted by Gasteiger charge is 2.28. The van der Waals surface area contributed by atoms with Crippen LogP contribution >= 0.6 is 0 Å². The molecule has 44 valence electrons. The highest BCUT2D eigenvalue weighted by atomic mass is 28.4. The van der Waals surface area contributed by atoms with Crippen molar-refractivity contribution in [2.45, 2.75) is 6.55 Å². The minimum Gasteiger partial charge on any atom is -0.374 e. The molecule has 0 aliphatic heterocycles. The molecule has 0 saturated carbocycles. The minimum atomic E-state index is -3.15. The zero-order valence-corrected chi connectivity index (χ0v) is 5.69. The van der Waals surface area contributed by atoms with Crippen LogP contribution < -0.4 is 0 Å². The summed E-state index contributed by atoms with van der Waals surface area (Å²) in [5.74, 6) is 0. The van der Waals surface area contributed by atoms with Gasteiger partial charge >= 0.3 is 8.89 Å². The van der Waals surface area contributed by atoms with Crippen molar-refractivity contribution in [2.24, 2.45) is 0 Å². The SMILES string of the molecule is CO[Si](C)(F)OC. The predicted molar refractivity (Wildman–Crippen MR) is 26.7 cm³/mol. The molecular weight excluding hydrogens is 115 g/mol. The van der Waals surface area contributed by atoms with Crippen LogP contribution in [-0.4, -0.2) is 23.1 Å². The fourth-order valence-corrected chi connectivity index (χ4v) is 0.250. The molecule has 2 nitrogen and oxygen atoms in total. The van der Waals surface area contributed by atoms with Crippen molar-refractivity contribution < 1.29 is 13.0 Å². The maximum atomic E-state index is 12.2. The van der Waals surface area contributed by atoms with Crippen molar-refractivity contribution in [3.63, 3.8) is 0 Å². The van der Waals surface area contributed by atoms with Crippen LogP contribution in [0.2, 0.25) is 6.55 Å². The Morgan fingerprint density at radius 3 is 1.57 bits per heavy atom. The van der Waals surface area contributed by atoms with E-state index in [4.69, 9.17) is 0 Å². The van der Waals surface area contributed by atoms with E-state index in [1.165, 1.54) is 20.8 Å². The van der Waals surface area contributed by atoms with Gasteiger partial charge in [-0.25, -0.2) is 4.11 Å². The maximum Gasteiger partial charge on any atom is 0.536 e. The summed E-state index contributed by atoms with van der Waals surface area (Å²) in [7, 11) is -0.549. The van der Waals surface area contributed by atoms with E-state index in [0.717, 1.165) is 0 Å². The lowest BCUT2D eigenvalue weighted by Crippen LogP contribution is -2.29. The average molecular weight is 124 g/mol. The van der Waals surface area contributed by atoms with E-state index in [-0.39, 0.29) is 0 Å². The van der Waals surface area contributed by atoms with E-state index in [2.05, 4.69) is 8.85 Å². The van der Waals surface area contributed by atoms with Crippen molar-refractivity contribution in [1.29, 1.82) is 0 Å². The summed E-state index contributed by atoms with van der Waals surface area (Å²) < 4.78 is 20.9. The van der Waals surface area contributed by atoms with Crippen LogP contribution in [0.15, 0.2) is 0 Å². The van der Waals surface area contributed by atoms with Crippen LogP contribution in [-0.2, 0) is 8.85 Å². The molecular formula is C3H9FO2Si. The zero-order valence-electron chi connectivity index (χ0n) is 4.69. The second-order valence-corrected chi connectivity index (χ2v) is 3.73. The lowest BCUT2D eigenvalue weighted by molar-refractivity contribution is 0.201. The lowest BCUT2D eigenvalue weighted by Gasteiger charge is -2.09. The van der Waals surface area contributed by atoms with Crippen LogP contribution in [0.3, 0.4) is 0 Å². The van der Waals surface area contributed by atoms with Crippen molar-refractivity contribution in [3.05, 3.63) is 0 Å². The third kappa shape index (κ3) is 2.73. The third-order valence-electron chi connectivity index (χ3n) is 0.729. The van der Waals surface area contributed by atoms with Gasteiger partial charge in [-0.1, -0.05) is 0 Å². The Morgan fingerprint density at radius 2 is 1.57 bits per heavy atom. The van der Waals surface area contributed by atoms with Crippen molar-refractivity contribution in [3.8, 4) is 0 Å². The Balaban J connectivity index is 3.36. The molecule has 0 heterocycles. The second-order valence-electron chi connectivity index (χ2n) is 1.24. The monoisotopic (exact) mass is 124 g/mol. The highest BCUT2D eigenvalue weighted by Crippen LogP contribution is 2.02. The first-order chi connectivity index (χ1) is 3.12. The second kappa shape index (κ2) is 2.39. The summed E-state index contributed by atoms with van der Waals surface area (Å²) in [5.41, 5.74) is 0. The summed E-state index contributed by atoms with van der Waals surface area (Å²) in [6.45, 7) is 1.33. The minimum absolute atomic E-state index is 1.30. The van der Waals surface area contributed by atoms with Crippen LogP contribution in [0.1, 0.15) is 0 Å². The maximum absolute atomic E-state index is 12.2. The van der Waals surface area contributed by atoms with Crippen molar-refractivity contribution in [1.82, 2.24) is 0 Å². The summed E-state index contributed by atoms with van der Waals surface area (Å²) in [6.07, 6.45) is 0. The van der Waals surface area contributed by atoms with Gasteiger partial charge in [-0.3, -0.25) is 0 Å². The number of rotatable bonds is 2. The number of hydrogen-bond acceptors (Lipinski definition) is 2. The van der Waals surface area contributed by atoms with Crippen LogP contribution in [0.5, 0.6) is 0 Å². The topological polar surface area (TPSA) is 18.5 Å². The standard InChI is InChI=1S/C3H9FO2Si/c1-5-7(3,4)6-2/h1-3H3. The lowest BCUT2D eigenvalue weighted by atomic mass is 11.8. The summed E-state index contributed by atoms with van der Waals surface area (Å²) in [4.78, 5) is 0. The van der Waals surface area contributed by atoms with Gasteiger partial charge in [0, 0.05) is 20.8 Å². The molecule has 0 saturated heterocycles. The Kier molecular flexibility index (Phi) is 2.42. The molecule has 0 aliphatic rings. The normalized spacial score (nSPS) is 12.0. The van der Waals surface area contributed by atoms with Gasteiger partial charge < -0.3 is 8.85 Å². The molecule has 0 atom stereocenters. The van der Waals surface area contributed by atoms with Gasteiger partial charge in [0.1, 0.15) is 0 Å². The van der Waals surface area contributed by atoms with Gasteiger partial charge in [0.25, 0.3) is 0 Å². The molecule has 0 aromatic rings. The van der Waals surface area contributed by atoms with Gasteiger partial charge in [0.2, 0.25) is 0 Å². The van der Waals surface area contributed by atoms with Crippen molar-refractivity contribution in [2.75, 3.05) is 14.2 Å². The van der Waals surface area contributed by atoms with E-state index in [9.17, 15) is 4.11 Å². The predicted octanol–water partition coefficient (Wildman–Crippen LogP) is 0.817. The van der Waals surface area contributed by atoms with E-state index in [0.29, 0.717) is 0 Å². The molecule has 0 unspecified atom stereocenters. The first kappa shape index (κ1) is 7.07. The molecule has 0 aromatic carbocycles. The smallest absolute Gasteiger partial charge is 0.374 e. The molecule has 0 aliphatic carbocycles. The molecule has 0 radical (unpaired) electrons. The molecule has 0 fully saturated rings. The Bertz CT molecular complexity index is 50.9. The van der Waals surface area contributed by atoms with E-state index in [1.807, 2.05) is 0 Å². The largest absolute Gasteiger partial charge is 0.536 e. The number of hydrogen-bond donors (Lipinski definition) is 0. The molecule has 0 amide bonds. The first-order valence-electron chi connectivity index (χ1n) is 1.91. The van der Waals surface area contributed by atoms with Crippen molar-refractivity contribution >= 4 is 8.89 Å². The molecule has 0 aromatic heterocycles. The van der Waals surface area contributed by atoms with Crippen LogP contribution in [0, 0.1) is 0 Å².